The van der Waals surface area contributed by atoms with Crippen LogP contribution in [0.25, 0.3) is 0 Å². The van der Waals surface area contributed by atoms with Gasteiger partial charge in [-0.05, 0) is 30.7 Å². The average molecular weight is 264 g/mol. The minimum atomic E-state index is 0.0383. The molecular weight excluding hydrogens is 244 g/mol. The summed E-state index contributed by atoms with van der Waals surface area (Å²) in [6.45, 7) is 2.44. The smallest absolute Gasteiger partial charge is 0.253 e. The van der Waals surface area contributed by atoms with Gasteiger partial charge < -0.3 is 20.1 Å². The normalized spacial score (nSPS) is 18.6. The Morgan fingerprint density at radius 3 is 2.68 bits per heavy atom. The van der Waals surface area contributed by atoms with Crippen LogP contribution < -0.4 is 10.5 Å². The molecule has 0 saturated carbocycles. The molecule has 2 N–H and O–H groups in total. The van der Waals surface area contributed by atoms with Crippen molar-refractivity contribution in [1.29, 1.82) is 0 Å². The highest BCUT2D eigenvalue weighted by Crippen LogP contribution is 2.16. The number of amides is 1. The number of likely N-dealkylation sites (tertiary alicyclic amines) is 1. The SMILES string of the molecule is COCCOc1ccc(C(=O)N2CC[C@H](N)C2)cc1. The number of nitrogens with two attached hydrogens (primary N) is 1. The molecule has 19 heavy (non-hydrogen) atoms. The lowest BCUT2D eigenvalue weighted by Crippen LogP contribution is -2.31. The second-order valence-electron chi connectivity index (χ2n) is 4.67. The molecule has 104 valence electrons. The number of ether oxygens (including phenoxy) is 2. The van der Waals surface area contributed by atoms with E-state index >= 15 is 0 Å². The van der Waals surface area contributed by atoms with Crippen molar-refractivity contribution in [3.8, 4) is 5.75 Å². The van der Waals surface area contributed by atoms with Crippen molar-refractivity contribution in [2.45, 2.75) is 12.5 Å². The van der Waals surface area contributed by atoms with Crippen LogP contribution in [0, 0.1) is 0 Å². The predicted octanol–water partition coefficient (Wildman–Crippen LogP) is 0.885. The van der Waals surface area contributed by atoms with Crippen molar-refractivity contribution in [3.63, 3.8) is 0 Å². The summed E-state index contributed by atoms with van der Waals surface area (Å²) in [5, 5.41) is 0. The Balaban J connectivity index is 1.92. The van der Waals surface area contributed by atoms with Gasteiger partial charge in [-0.2, -0.15) is 0 Å². The van der Waals surface area contributed by atoms with E-state index < -0.39 is 0 Å². The first-order chi connectivity index (χ1) is 9.20. The number of carbonyl (C=O) groups excluding carboxylic acids is 1. The van der Waals surface area contributed by atoms with Crippen LogP contribution in [0.1, 0.15) is 16.8 Å². The van der Waals surface area contributed by atoms with Gasteiger partial charge in [-0.1, -0.05) is 0 Å². The molecule has 0 bridgehead atoms. The number of nitrogens with zero attached hydrogens (tertiary/aromatic N) is 1. The van der Waals surface area contributed by atoms with E-state index in [9.17, 15) is 4.79 Å². The van der Waals surface area contributed by atoms with E-state index in [0.29, 0.717) is 25.3 Å². The maximum Gasteiger partial charge on any atom is 0.253 e. The monoisotopic (exact) mass is 264 g/mol. The quantitative estimate of drug-likeness (QED) is 0.802. The lowest BCUT2D eigenvalue weighted by Gasteiger charge is -2.16. The van der Waals surface area contributed by atoms with E-state index in [1.807, 2.05) is 0 Å². The third-order valence-electron chi connectivity index (χ3n) is 3.17. The molecule has 1 aromatic carbocycles. The summed E-state index contributed by atoms with van der Waals surface area (Å²) in [5.41, 5.74) is 6.48. The van der Waals surface area contributed by atoms with Gasteiger partial charge in [0.2, 0.25) is 0 Å². The molecule has 1 saturated heterocycles. The van der Waals surface area contributed by atoms with Crippen molar-refractivity contribution in [2.75, 3.05) is 33.4 Å². The van der Waals surface area contributed by atoms with Crippen LogP contribution in [-0.2, 0) is 4.74 Å². The third-order valence-corrected chi connectivity index (χ3v) is 3.17. The van der Waals surface area contributed by atoms with Crippen LogP contribution in [-0.4, -0.2) is 50.3 Å². The van der Waals surface area contributed by atoms with E-state index in [4.69, 9.17) is 15.2 Å². The Kier molecular flexibility index (Phi) is 4.76. The summed E-state index contributed by atoms with van der Waals surface area (Å²) >= 11 is 0. The minimum Gasteiger partial charge on any atom is -0.491 e. The first-order valence-electron chi connectivity index (χ1n) is 6.47. The number of benzene rings is 1. The van der Waals surface area contributed by atoms with E-state index in [1.54, 1.807) is 36.3 Å². The van der Waals surface area contributed by atoms with Gasteiger partial charge in [0, 0.05) is 31.8 Å². The fourth-order valence-corrected chi connectivity index (χ4v) is 2.09. The topological polar surface area (TPSA) is 64.8 Å². The fourth-order valence-electron chi connectivity index (χ4n) is 2.09. The van der Waals surface area contributed by atoms with Crippen molar-refractivity contribution >= 4 is 5.91 Å². The zero-order chi connectivity index (χ0) is 13.7. The van der Waals surface area contributed by atoms with Gasteiger partial charge >= 0.3 is 0 Å². The van der Waals surface area contributed by atoms with Crippen molar-refractivity contribution < 1.29 is 14.3 Å². The molecule has 1 heterocycles. The minimum absolute atomic E-state index is 0.0383. The van der Waals surface area contributed by atoms with E-state index in [2.05, 4.69) is 0 Å². The molecule has 1 amide bonds. The van der Waals surface area contributed by atoms with Crippen LogP contribution in [0.3, 0.4) is 0 Å². The van der Waals surface area contributed by atoms with Gasteiger partial charge in [-0.25, -0.2) is 0 Å². The highest BCUT2D eigenvalue weighted by atomic mass is 16.5. The zero-order valence-electron chi connectivity index (χ0n) is 11.2. The summed E-state index contributed by atoms with van der Waals surface area (Å²) in [7, 11) is 1.63. The summed E-state index contributed by atoms with van der Waals surface area (Å²) in [5.74, 6) is 0.781. The van der Waals surface area contributed by atoms with Gasteiger partial charge in [0.15, 0.2) is 0 Å². The van der Waals surface area contributed by atoms with Crippen LogP contribution in [0.5, 0.6) is 5.75 Å². The van der Waals surface area contributed by atoms with Crippen molar-refractivity contribution in [2.24, 2.45) is 5.73 Å². The van der Waals surface area contributed by atoms with Gasteiger partial charge in [-0.3, -0.25) is 4.79 Å². The zero-order valence-corrected chi connectivity index (χ0v) is 11.2. The highest BCUT2D eigenvalue weighted by molar-refractivity contribution is 5.94. The maximum absolute atomic E-state index is 12.2. The first-order valence-corrected chi connectivity index (χ1v) is 6.47. The van der Waals surface area contributed by atoms with Crippen LogP contribution in [0.15, 0.2) is 24.3 Å². The highest BCUT2D eigenvalue weighted by Gasteiger charge is 2.24. The van der Waals surface area contributed by atoms with Gasteiger partial charge in [-0.15, -0.1) is 0 Å². The first kappa shape index (κ1) is 13.8. The van der Waals surface area contributed by atoms with Crippen LogP contribution >= 0.6 is 0 Å². The molecule has 5 nitrogen and oxygen atoms in total. The van der Waals surface area contributed by atoms with Crippen molar-refractivity contribution in [1.82, 2.24) is 4.90 Å². The molecular formula is C14H20N2O3. The second-order valence-corrected chi connectivity index (χ2v) is 4.67. The molecule has 1 fully saturated rings. The molecule has 0 aliphatic carbocycles. The molecule has 5 heteroatoms. The van der Waals surface area contributed by atoms with E-state index in [0.717, 1.165) is 18.7 Å². The summed E-state index contributed by atoms with van der Waals surface area (Å²) < 4.78 is 10.4. The number of hydrogen-bond donors (Lipinski definition) is 1. The number of methoxy groups -OCH3 is 1. The largest absolute Gasteiger partial charge is 0.491 e. The number of hydrogen-bond acceptors (Lipinski definition) is 4. The Labute approximate surface area is 113 Å². The summed E-state index contributed by atoms with van der Waals surface area (Å²) in [4.78, 5) is 14.0. The van der Waals surface area contributed by atoms with Gasteiger partial charge in [0.25, 0.3) is 5.91 Å². The molecule has 2 rings (SSSR count). The summed E-state index contributed by atoms with van der Waals surface area (Å²) in [6.07, 6.45) is 0.879. The second kappa shape index (κ2) is 6.54. The molecule has 1 aliphatic heterocycles. The summed E-state index contributed by atoms with van der Waals surface area (Å²) in [6, 6.07) is 7.29. The van der Waals surface area contributed by atoms with Crippen molar-refractivity contribution in [3.05, 3.63) is 29.8 Å². The molecule has 0 aromatic heterocycles. The molecule has 0 radical (unpaired) electrons. The molecule has 1 aliphatic rings. The van der Waals surface area contributed by atoms with Gasteiger partial charge in [0.05, 0.1) is 6.61 Å². The lowest BCUT2D eigenvalue weighted by atomic mass is 10.2. The third kappa shape index (κ3) is 3.68. The number of carbonyl (C=O) groups is 1. The lowest BCUT2D eigenvalue weighted by molar-refractivity contribution is 0.0791. The van der Waals surface area contributed by atoms with E-state index in [1.165, 1.54) is 0 Å². The predicted molar refractivity (Wildman–Crippen MR) is 72.3 cm³/mol. The van der Waals surface area contributed by atoms with Gasteiger partial charge in [0.1, 0.15) is 12.4 Å². The van der Waals surface area contributed by atoms with E-state index in [-0.39, 0.29) is 11.9 Å². The Morgan fingerprint density at radius 2 is 2.11 bits per heavy atom. The molecule has 1 atom stereocenters. The Bertz CT molecular complexity index is 419. The molecule has 1 aromatic rings. The number of rotatable bonds is 5. The maximum atomic E-state index is 12.2. The average Bonchev–Trinajstić information content (AvgIpc) is 2.86. The van der Waals surface area contributed by atoms with Crippen LogP contribution in [0.4, 0.5) is 0 Å². The van der Waals surface area contributed by atoms with Crippen LogP contribution in [0.2, 0.25) is 0 Å². The Morgan fingerprint density at radius 1 is 1.37 bits per heavy atom. The molecule has 0 unspecified atom stereocenters. The standard InChI is InChI=1S/C14H20N2O3/c1-18-8-9-19-13-4-2-11(3-5-13)14(17)16-7-6-12(15)10-16/h2-5,12H,6-10,15H2,1H3/t12-/m0/s1. The fraction of sp³-hybridized carbons (Fsp3) is 0.500. The molecule has 0 spiro atoms. The Hall–Kier alpha value is -1.59.